The largest absolute Gasteiger partial charge is 0.464 e. The number of hydrogen-bond donors (Lipinski definition) is 1. The highest BCUT2D eigenvalue weighted by atomic mass is 16.3. The highest BCUT2D eigenvalue weighted by Crippen LogP contribution is 2.43. The molecule has 4 aromatic rings. The van der Waals surface area contributed by atoms with E-state index in [2.05, 4.69) is 27.8 Å². The van der Waals surface area contributed by atoms with Crippen LogP contribution in [0.4, 0.5) is 0 Å². The summed E-state index contributed by atoms with van der Waals surface area (Å²) in [6.07, 6.45) is 5.49. The van der Waals surface area contributed by atoms with Gasteiger partial charge in [-0.2, -0.15) is 0 Å². The van der Waals surface area contributed by atoms with E-state index in [0.717, 1.165) is 22.2 Å². The van der Waals surface area contributed by atoms with Crippen LogP contribution in [0.5, 0.6) is 0 Å². The van der Waals surface area contributed by atoms with E-state index in [0.29, 0.717) is 6.42 Å². The van der Waals surface area contributed by atoms with Crippen LogP contribution < -0.4 is 0 Å². The van der Waals surface area contributed by atoms with Crippen molar-refractivity contribution in [3.8, 4) is 11.3 Å². The molecule has 0 fully saturated rings. The van der Waals surface area contributed by atoms with Crippen molar-refractivity contribution < 1.29 is 9.52 Å². The van der Waals surface area contributed by atoms with E-state index in [1.807, 2.05) is 42.9 Å². The summed E-state index contributed by atoms with van der Waals surface area (Å²) in [5.41, 5.74) is 5.33. The zero-order valence-electron chi connectivity index (χ0n) is 13.0. The van der Waals surface area contributed by atoms with Crippen molar-refractivity contribution in [3.05, 3.63) is 78.4 Å². The van der Waals surface area contributed by atoms with Crippen molar-refractivity contribution in [3.63, 3.8) is 0 Å². The molecule has 1 N–H and O–H groups in total. The fourth-order valence-electron chi connectivity index (χ4n) is 3.71. The zero-order valence-corrected chi connectivity index (χ0v) is 13.0. The lowest BCUT2D eigenvalue weighted by Crippen LogP contribution is -2.10. The SMILES string of the molecule is O[C@H](C[C@H]1c2ccccc2-c2cncn21)c1ccc2occc2c1. The Balaban J connectivity index is 1.51. The Kier molecular flexibility index (Phi) is 2.87. The van der Waals surface area contributed by atoms with Gasteiger partial charge in [0.05, 0.1) is 36.6 Å². The molecule has 0 spiro atoms. The van der Waals surface area contributed by atoms with E-state index in [9.17, 15) is 5.11 Å². The van der Waals surface area contributed by atoms with E-state index in [4.69, 9.17) is 4.42 Å². The highest BCUT2D eigenvalue weighted by Gasteiger charge is 2.30. The molecule has 0 radical (unpaired) electrons. The van der Waals surface area contributed by atoms with Crippen LogP contribution in [0, 0.1) is 0 Å². The van der Waals surface area contributed by atoms with Gasteiger partial charge in [-0.15, -0.1) is 0 Å². The standard InChI is InChI=1S/C20H16N2O2/c23-19(13-5-6-20-14(9-13)7-8-24-20)10-17-15-3-1-2-4-16(15)18-11-21-12-22(17)18/h1-9,11-12,17,19,23H,10H2/t17-,19+/m0/s1. The number of aromatic nitrogens is 2. The number of furan rings is 1. The van der Waals surface area contributed by atoms with Crippen LogP contribution in [0.25, 0.3) is 22.2 Å². The maximum atomic E-state index is 10.8. The number of nitrogens with zero attached hydrogens (tertiary/aromatic N) is 2. The van der Waals surface area contributed by atoms with Crippen molar-refractivity contribution in [2.75, 3.05) is 0 Å². The second-order valence-corrected chi connectivity index (χ2v) is 6.26. The fourth-order valence-corrected chi connectivity index (χ4v) is 3.71. The number of benzene rings is 2. The second kappa shape index (κ2) is 5.08. The minimum Gasteiger partial charge on any atom is -0.464 e. The predicted octanol–water partition coefficient (Wildman–Crippen LogP) is 4.32. The van der Waals surface area contributed by atoms with Gasteiger partial charge in [-0.25, -0.2) is 4.98 Å². The van der Waals surface area contributed by atoms with Gasteiger partial charge < -0.3 is 14.1 Å². The molecule has 4 heteroatoms. The number of rotatable bonds is 3. The van der Waals surface area contributed by atoms with Crippen molar-refractivity contribution in [1.82, 2.24) is 9.55 Å². The van der Waals surface area contributed by atoms with E-state index in [1.54, 1.807) is 6.26 Å². The molecule has 1 aliphatic rings. The summed E-state index contributed by atoms with van der Waals surface area (Å²) in [4.78, 5) is 4.28. The van der Waals surface area contributed by atoms with Crippen LogP contribution in [0.2, 0.25) is 0 Å². The Morgan fingerprint density at radius 2 is 2.08 bits per heavy atom. The highest BCUT2D eigenvalue weighted by molar-refractivity contribution is 5.77. The minimum absolute atomic E-state index is 0.105. The molecular weight excluding hydrogens is 300 g/mol. The van der Waals surface area contributed by atoms with Gasteiger partial charge in [0, 0.05) is 17.4 Å². The number of aliphatic hydroxyl groups is 1. The molecule has 0 aliphatic carbocycles. The third-order valence-electron chi connectivity index (χ3n) is 4.91. The topological polar surface area (TPSA) is 51.2 Å². The lowest BCUT2D eigenvalue weighted by molar-refractivity contribution is 0.154. The molecule has 4 nitrogen and oxygen atoms in total. The molecule has 0 amide bonds. The molecule has 0 saturated heterocycles. The minimum atomic E-state index is -0.546. The van der Waals surface area contributed by atoms with Crippen molar-refractivity contribution in [1.29, 1.82) is 0 Å². The summed E-state index contributed by atoms with van der Waals surface area (Å²) in [7, 11) is 0. The van der Waals surface area contributed by atoms with Crippen LogP contribution in [0.3, 0.4) is 0 Å². The first kappa shape index (κ1) is 13.6. The maximum Gasteiger partial charge on any atom is 0.133 e. The fraction of sp³-hybridized carbons (Fsp3) is 0.150. The Hall–Kier alpha value is -2.85. The molecule has 1 aliphatic heterocycles. The van der Waals surface area contributed by atoms with Gasteiger partial charge in [-0.05, 0) is 29.3 Å². The quantitative estimate of drug-likeness (QED) is 0.612. The van der Waals surface area contributed by atoms with Crippen LogP contribution in [0.1, 0.15) is 29.7 Å². The molecule has 2 aromatic heterocycles. The lowest BCUT2D eigenvalue weighted by Gasteiger charge is -2.19. The summed E-state index contributed by atoms with van der Waals surface area (Å²) in [6, 6.07) is 16.2. The molecular formula is C20H16N2O2. The van der Waals surface area contributed by atoms with Crippen LogP contribution in [0.15, 0.2) is 71.7 Å². The van der Waals surface area contributed by atoms with Crippen molar-refractivity contribution >= 4 is 11.0 Å². The van der Waals surface area contributed by atoms with Crippen LogP contribution >= 0.6 is 0 Å². The number of aliphatic hydroxyl groups excluding tert-OH is 1. The molecule has 3 heterocycles. The van der Waals surface area contributed by atoms with E-state index < -0.39 is 6.10 Å². The van der Waals surface area contributed by atoms with Gasteiger partial charge in [0.15, 0.2) is 0 Å². The van der Waals surface area contributed by atoms with E-state index in [1.165, 1.54) is 11.1 Å². The van der Waals surface area contributed by atoms with Gasteiger partial charge in [0.1, 0.15) is 5.58 Å². The number of fused-ring (bicyclic) bond motifs is 4. The van der Waals surface area contributed by atoms with Gasteiger partial charge in [0.25, 0.3) is 0 Å². The first-order chi connectivity index (χ1) is 11.8. The molecule has 0 saturated carbocycles. The van der Waals surface area contributed by atoms with E-state index >= 15 is 0 Å². The Bertz CT molecular complexity index is 1030. The van der Waals surface area contributed by atoms with Gasteiger partial charge in [-0.3, -0.25) is 0 Å². The Morgan fingerprint density at radius 1 is 1.17 bits per heavy atom. The third kappa shape index (κ3) is 1.93. The average molecular weight is 316 g/mol. The molecule has 118 valence electrons. The Labute approximate surface area is 139 Å². The molecule has 2 atom stereocenters. The summed E-state index contributed by atoms with van der Waals surface area (Å²) in [5, 5.41) is 11.8. The lowest BCUT2D eigenvalue weighted by atomic mass is 9.95. The normalized spacial score (nSPS) is 17.0. The molecule has 0 bridgehead atoms. The van der Waals surface area contributed by atoms with Crippen LogP contribution in [-0.2, 0) is 0 Å². The van der Waals surface area contributed by atoms with Gasteiger partial charge in [-0.1, -0.05) is 30.3 Å². The van der Waals surface area contributed by atoms with Crippen LogP contribution in [-0.4, -0.2) is 14.7 Å². The first-order valence-electron chi connectivity index (χ1n) is 8.07. The van der Waals surface area contributed by atoms with Crippen molar-refractivity contribution in [2.24, 2.45) is 0 Å². The molecule has 0 unspecified atom stereocenters. The summed E-state index contributed by atoms with van der Waals surface area (Å²) in [5.74, 6) is 0. The second-order valence-electron chi connectivity index (χ2n) is 6.26. The average Bonchev–Trinajstić information content (AvgIpc) is 3.31. The maximum absolute atomic E-state index is 10.8. The first-order valence-corrected chi connectivity index (χ1v) is 8.07. The van der Waals surface area contributed by atoms with Gasteiger partial charge in [0.2, 0.25) is 0 Å². The molecule has 2 aromatic carbocycles. The zero-order chi connectivity index (χ0) is 16.1. The number of imidazole rings is 1. The van der Waals surface area contributed by atoms with Gasteiger partial charge >= 0.3 is 0 Å². The van der Waals surface area contributed by atoms with E-state index in [-0.39, 0.29) is 6.04 Å². The summed E-state index contributed by atoms with van der Waals surface area (Å²) in [6.45, 7) is 0. The third-order valence-corrected chi connectivity index (χ3v) is 4.91. The summed E-state index contributed by atoms with van der Waals surface area (Å²) >= 11 is 0. The smallest absolute Gasteiger partial charge is 0.133 e. The molecule has 24 heavy (non-hydrogen) atoms. The van der Waals surface area contributed by atoms with Crippen molar-refractivity contribution in [2.45, 2.75) is 18.6 Å². The predicted molar refractivity (Wildman–Crippen MR) is 91.6 cm³/mol. The number of hydrogen-bond acceptors (Lipinski definition) is 3. The molecule has 5 rings (SSSR count). The monoisotopic (exact) mass is 316 g/mol. The summed E-state index contributed by atoms with van der Waals surface area (Å²) < 4.78 is 7.53. The Morgan fingerprint density at radius 3 is 3.04 bits per heavy atom.